The first-order chi connectivity index (χ1) is 9.83. The maximum atomic E-state index is 13.2. The third kappa shape index (κ3) is 4.04. The van der Waals surface area contributed by atoms with Crippen LogP contribution < -0.4 is 5.32 Å². The molecular formula is C17H24Cl2FN. The van der Waals surface area contributed by atoms with Crippen molar-refractivity contribution in [1.29, 1.82) is 0 Å². The minimum absolute atomic E-state index is 0.357. The van der Waals surface area contributed by atoms with Crippen LogP contribution in [0.3, 0.4) is 0 Å². The second-order valence-electron chi connectivity index (χ2n) is 6.78. The largest absolute Gasteiger partial charge is 0.380 e. The molecule has 0 atom stereocenters. The quantitative estimate of drug-likeness (QED) is 0.660. The first kappa shape index (κ1) is 16.9. The van der Waals surface area contributed by atoms with E-state index in [1.54, 1.807) is 0 Å². The van der Waals surface area contributed by atoms with Crippen molar-refractivity contribution in [1.82, 2.24) is 0 Å². The molecule has 1 N–H and O–H groups in total. The van der Waals surface area contributed by atoms with E-state index in [0.29, 0.717) is 27.2 Å². The summed E-state index contributed by atoms with van der Waals surface area (Å²) in [6, 6.07) is 2.98. The summed E-state index contributed by atoms with van der Waals surface area (Å²) in [6.07, 6.45) is 5.87. The molecule has 0 saturated heterocycles. The maximum absolute atomic E-state index is 13.2. The monoisotopic (exact) mass is 331 g/mol. The van der Waals surface area contributed by atoms with Crippen LogP contribution >= 0.6 is 23.2 Å². The molecule has 21 heavy (non-hydrogen) atoms. The molecule has 1 aliphatic carbocycles. The van der Waals surface area contributed by atoms with Gasteiger partial charge in [0.1, 0.15) is 5.82 Å². The SMILES string of the molecule is CCC(C)(C)C1CCC(Nc2c(Cl)cc(F)cc2Cl)CC1. The molecule has 0 aliphatic heterocycles. The second kappa shape index (κ2) is 6.75. The Balaban J connectivity index is 1.98. The Kier molecular flexibility index (Phi) is 5.43. The molecule has 1 aromatic rings. The van der Waals surface area contributed by atoms with Crippen molar-refractivity contribution in [3.8, 4) is 0 Å². The lowest BCUT2D eigenvalue weighted by molar-refractivity contribution is 0.147. The lowest BCUT2D eigenvalue weighted by Crippen LogP contribution is -2.32. The molecular weight excluding hydrogens is 308 g/mol. The summed E-state index contributed by atoms with van der Waals surface area (Å²) < 4.78 is 13.2. The van der Waals surface area contributed by atoms with Gasteiger partial charge in [-0.3, -0.25) is 0 Å². The third-order valence-electron chi connectivity index (χ3n) is 5.10. The summed E-state index contributed by atoms with van der Waals surface area (Å²) >= 11 is 12.2. The van der Waals surface area contributed by atoms with Gasteiger partial charge >= 0.3 is 0 Å². The predicted molar refractivity (Wildman–Crippen MR) is 89.9 cm³/mol. The van der Waals surface area contributed by atoms with Crippen molar-refractivity contribution < 1.29 is 4.39 Å². The zero-order valence-electron chi connectivity index (χ0n) is 13.0. The molecule has 1 saturated carbocycles. The first-order valence-corrected chi connectivity index (χ1v) is 8.50. The molecule has 1 nitrogen and oxygen atoms in total. The number of anilines is 1. The summed E-state index contributed by atoms with van der Waals surface area (Å²) in [4.78, 5) is 0. The van der Waals surface area contributed by atoms with Gasteiger partial charge in [-0.15, -0.1) is 0 Å². The molecule has 0 unspecified atom stereocenters. The van der Waals surface area contributed by atoms with Gasteiger partial charge in [0.25, 0.3) is 0 Å². The molecule has 0 spiro atoms. The second-order valence-corrected chi connectivity index (χ2v) is 7.59. The summed E-state index contributed by atoms with van der Waals surface area (Å²) in [6.45, 7) is 6.99. The number of rotatable bonds is 4. The van der Waals surface area contributed by atoms with Crippen LogP contribution in [-0.4, -0.2) is 6.04 Å². The normalized spacial score (nSPS) is 23.1. The van der Waals surface area contributed by atoms with Crippen LogP contribution in [0.4, 0.5) is 10.1 Å². The highest BCUT2D eigenvalue weighted by atomic mass is 35.5. The standard InChI is InChI=1S/C17H24Cl2FN/c1-4-17(2,3)11-5-7-13(8-6-11)21-16-14(18)9-12(20)10-15(16)19/h9-11,13,21H,4-8H2,1-3H3. The topological polar surface area (TPSA) is 12.0 Å². The number of benzene rings is 1. The van der Waals surface area contributed by atoms with E-state index < -0.39 is 5.82 Å². The minimum Gasteiger partial charge on any atom is -0.380 e. The van der Waals surface area contributed by atoms with E-state index in [0.717, 1.165) is 18.8 Å². The summed E-state index contributed by atoms with van der Waals surface area (Å²) in [5, 5.41) is 4.12. The van der Waals surface area contributed by atoms with Gasteiger partial charge < -0.3 is 5.32 Å². The van der Waals surface area contributed by atoms with Gasteiger partial charge in [0, 0.05) is 6.04 Å². The molecule has 0 amide bonds. The van der Waals surface area contributed by atoms with Crippen molar-refractivity contribution in [2.45, 2.75) is 58.9 Å². The van der Waals surface area contributed by atoms with Crippen molar-refractivity contribution >= 4 is 28.9 Å². The first-order valence-electron chi connectivity index (χ1n) is 7.74. The van der Waals surface area contributed by atoms with Crippen LogP contribution in [0.15, 0.2) is 12.1 Å². The van der Waals surface area contributed by atoms with Crippen LogP contribution in [0.1, 0.15) is 52.9 Å². The van der Waals surface area contributed by atoms with Gasteiger partial charge in [0.2, 0.25) is 0 Å². The van der Waals surface area contributed by atoms with E-state index in [2.05, 4.69) is 26.1 Å². The van der Waals surface area contributed by atoms with Crippen LogP contribution in [0.5, 0.6) is 0 Å². The smallest absolute Gasteiger partial charge is 0.126 e. The van der Waals surface area contributed by atoms with E-state index in [1.807, 2.05) is 0 Å². The summed E-state index contributed by atoms with van der Waals surface area (Å²) in [5.74, 6) is 0.378. The van der Waals surface area contributed by atoms with Crippen molar-refractivity contribution in [2.24, 2.45) is 11.3 Å². The van der Waals surface area contributed by atoms with Crippen LogP contribution in [0.25, 0.3) is 0 Å². The molecule has 0 radical (unpaired) electrons. The lowest BCUT2D eigenvalue weighted by atomic mass is 9.69. The average Bonchev–Trinajstić information content (AvgIpc) is 2.43. The number of nitrogens with one attached hydrogen (secondary N) is 1. The van der Waals surface area contributed by atoms with Gasteiger partial charge in [-0.25, -0.2) is 4.39 Å². The Bertz CT molecular complexity index is 471. The van der Waals surface area contributed by atoms with Gasteiger partial charge in [0.05, 0.1) is 15.7 Å². The Morgan fingerprint density at radius 3 is 2.14 bits per heavy atom. The van der Waals surface area contributed by atoms with Crippen LogP contribution in [0, 0.1) is 17.2 Å². The van der Waals surface area contributed by atoms with Gasteiger partial charge in [-0.1, -0.05) is 50.4 Å². The molecule has 1 aromatic carbocycles. The van der Waals surface area contributed by atoms with Crippen molar-refractivity contribution in [3.63, 3.8) is 0 Å². The lowest BCUT2D eigenvalue weighted by Gasteiger charge is -2.39. The zero-order valence-corrected chi connectivity index (χ0v) is 14.5. The number of hydrogen-bond acceptors (Lipinski definition) is 1. The highest BCUT2D eigenvalue weighted by Crippen LogP contribution is 2.42. The van der Waals surface area contributed by atoms with Gasteiger partial charge in [-0.2, -0.15) is 0 Å². The predicted octanol–water partition coefficient (Wildman–Crippen LogP) is 6.54. The highest BCUT2D eigenvalue weighted by molar-refractivity contribution is 6.39. The van der Waals surface area contributed by atoms with E-state index in [1.165, 1.54) is 31.4 Å². The zero-order chi connectivity index (χ0) is 15.6. The third-order valence-corrected chi connectivity index (χ3v) is 5.70. The fourth-order valence-electron chi connectivity index (χ4n) is 3.19. The van der Waals surface area contributed by atoms with E-state index in [4.69, 9.17) is 23.2 Å². The number of halogens is 3. The fraction of sp³-hybridized carbons (Fsp3) is 0.647. The molecule has 0 bridgehead atoms. The molecule has 2 rings (SSSR count). The van der Waals surface area contributed by atoms with E-state index >= 15 is 0 Å². The van der Waals surface area contributed by atoms with E-state index in [9.17, 15) is 4.39 Å². The van der Waals surface area contributed by atoms with Gasteiger partial charge in [0.15, 0.2) is 0 Å². The molecule has 0 aromatic heterocycles. The fourth-order valence-corrected chi connectivity index (χ4v) is 3.76. The Morgan fingerprint density at radius 2 is 1.67 bits per heavy atom. The Labute approximate surface area is 137 Å². The molecule has 1 aliphatic rings. The summed E-state index contributed by atoms with van der Waals surface area (Å²) in [5.41, 5.74) is 1.08. The summed E-state index contributed by atoms with van der Waals surface area (Å²) in [7, 11) is 0. The van der Waals surface area contributed by atoms with E-state index in [-0.39, 0.29) is 0 Å². The number of hydrogen-bond donors (Lipinski definition) is 1. The van der Waals surface area contributed by atoms with Gasteiger partial charge in [-0.05, 0) is 49.1 Å². The van der Waals surface area contributed by atoms with Crippen molar-refractivity contribution in [3.05, 3.63) is 28.0 Å². The molecule has 1 fully saturated rings. The van der Waals surface area contributed by atoms with Crippen LogP contribution in [0.2, 0.25) is 10.0 Å². The molecule has 4 heteroatoms. The molecule has 0 heterocycles. The Morgan fingerprint density at radius 1 is 1.14 bits per heavy atom. The highest BCUT2D eigenvalue weighted by Gasteiger charge is 2.32. The average molecular weight is 332 g/mol. The maximum Gasteiger partial charge on any atom is 0.126 e. The Hall–Kier alpha value is -0.470. The molecule has 118 valence electrons. The van der Waals surface area contributed by atoms with Crippen molar-refractivity contribution in [2.75, 3.05) is 5.32 Å². The van der Waals surface area contributed by atoms with Crippen LogP contribution in [-0.2, 0) is 0 Å². The minimum atomic E-state index is -0.399.